The summed E-state index contributed by atoms with van der Waals surface area (Å²) in [5.74, 6) is -1.85. The van der Waals surface area contributed by atoms with Crippen LogP contribution in [-0.4, -0.2) is 46.0 Å². The number of nitrogens with one attached hydrogen (secondary N) is 1. The third-order valence-corrected chi connectivity index (χ3v) is 5.49. The molecule has 1 aromatic carbocycles. The molecular weight excluding hydrogens is 386 g/mol. The average Bonchev–Trinajstić information content (AvgIpc) is 2.33. The van der Waals surface area contributed by atoms with Gasteiger partial charge in [0.1, 0.15) is 15.9 Å². The molecule has 1 rings (SSSR count). The molecule has 0 saturated heterocycles. The van der Waals surface area contributed by atoms with Gasteiger partial charge in [0, 0.05) is 10.7 Å². The van der Waals surface area contributed by atoms with Crippen LogP contribution in [0, 0.1) is 0 Å². The molecule has 0 fully saturated rings. The van der Waals surface area contributed by atoms with Crippen LogP contribution in [0.4, 0.5) is 0 Å². The summed E-state index contributed by atoms with van der Waals surface area (Å²) in [4.78, 5) is 10.9. The Balaban J connectivity index is 2.92. The van der Waals surface area contributed by atoms with E-state index in [0.29, 0.717) is 4.47 Å². The first kappa shape index (κ1) is 18.1. The SMILES string of the molecule is CS(=O)(=O)CCC(NS(=O)(=O)c1ccc(Br)cc1)C(=O)O. The van der Waals surface area contributed by atoms with Gasteiger partial charge in [-0.25, -0.2) is 16.8 Å². The van der Waals surface area contributed by atoms with E-state index >= 15 is 0 Å². The summed E-state index contributed by atoms with van der Waals surface area (Å²) < 4.78 is 48.9. The van der Waals surface area contributed by atoms with Crippen LogP contribution in [0.2, 0.25) is 0 Å². The van der Waals surface area contributed by atoms with Crippen LogP contribution in [0.15, 0.2) is 33.6 Å². The Morgan fingerprint density at radius 2 is 1.76 bits per heavy atom. The number of sulfonamides is 1. The highest BCUT2D eigenvalue weighted by molar-refractivity contribution is 9.10. The third-order valence-electron chi connectivity index (χ3n) is 2.50. The lowest BCUT2D eigenvalue weighted by molar-refractivity contribution is -0.139. The number of rotatable bonds is 7. The quantitative estimate of drug-likeness (QED) is 0.693. The fourth-order valence-corrected chi connectivity index (χ4v) is 3.59. The predicted octanol–water partition coefficient (Wildman–Crippen LogP) is 0.615. The number of hydrogen-bond acceptors (Lipinski definition) is 5. The molecule has 0 aliphatic rings. The highest BCUT2D eigenvalue weighted by atomic mass is 79.9. The minimum Gasteiger partial charge on any atom is -0.480 e. The van der Waals surface area contributed by atoms with Crippen LogP contribution in [-0.2, 0) is 24.7 Å². The van der Waals surface area contributed by atoms with E-state index in [1.807, 2.05) is 4.72 Å². The lowest BCUT2D eigenvalue weighted by Crippen LogP contribution is -2.41. The highest BCUT2D eigenvalue weighted by Crippen LogP contribution is 2.15. The van der Waals surface area contributed by atoms with Crippen molar-refractivity contribution >= 4 is 41.8 Å². The Morgan fingerprint density at radius 1 is 1.24 bits per heavy atom. The van der Waals surface area contributed by atoms with Gasteiger partial charge in [-0.3, -0.25) is 4.79 Å². The average molecular weight is 400 g/mol. The van der Waals surface area contributed by atoms with Gasteiger partial charge in [-0.05, 0) is 30.7 Å². The van der Waals surface area contributed by atoms with Crippen LogP contribution >= 0.6 is 15.9 Å². The molecule has 0 radical (unpaired) electrons. The van der Waals surface area contributed by atoms with E-state index < -0.39 is 37.6 Å². The smallest absolute Gasteiger partial charge is 0.321 e. The summed E-state index contributed by atoms with van der Waals surface area (Å²) in [6.07, 6.45) is 0.610. The molecule has 0 heterocycles. The predicted molar refractivity (Wildman–Crippen MR) is 80.2 cm³/mol. The van der Waals surface area contributed by atoms with Gasteiger partial charge < -0.3 is 5.11 Å². The van der Waals surface area contributed by atoms with Crippen molar-refractivity contribution in [3.8, 4) is 0 Å². The number of halogens is 1. The van der Waals surface area contributed by atoms with Crippen molar-refractivity contribution in [2.45, 2.75) is 17.4 Å². The molecule has 0 saturated carbocycles. The molecule has 0 amide bonds. The standard InChI is InChI=1S/C11H14BrNO6S2/c1-20(16,17)7-6-10(11(14)15)13-21(18,19)9-4-2-8(12)3-5-9/h2-5,10,13H,6-7H2,1H3,(H,14,15). The molecule has 118 valence electrons. The minimum atomic E-state index is -4.04. The van der Waals surface area contributed by atoms with E-state index in [1.54, 1.807) is 0 Å². The van der Waals surface area contributed by atoms with E-state index in [1.165, 1.54) is 24.3 Å². The second-order valence-corrected chi connectivity index (χ2v) is 9.27. The lowest BCUT2D eigenvalue weighted by Gasteiger charge is -2.14. The zero-order chi connectivity index (χ0) is 16.3. The molecule has 7 nitrogen and oxygen atoms in total. The van der Waals surface area contributed by atoms with Gasteiger partial charge in [-0.2, -0.15) is 4.72 Å². The molecule has 1 aromatic rings. The van der Waals surface area contributed by atoms with Crippen LogP contribution in [0.3, 0.4) is 0 Å². The van der Waals surface area contributed by atoms with E-state index in [0.717, 1.165) is 6.26 Å². The van der Waals surface area contributed by atoms with Crippen molar-refractivity contribution in [3.63, 3.8) is 0 Å². The molecule has 0 aromatic heterocycles. The normalized spacial score (nSPS) is 13.8. The summed E-state index contributed by atoms with van der Waals surface area (Å²) in [5, 5.41) is 9.00. The Kier molecular flexibility index (Phi) is 5.91. The summed E-state index contributed by atoms with van der Waals surface area (Å²) in [6, 6.07) is 4.11. The number of carboxylic acids is 1. The topological polar surface area (TPSA) is 118 Å². The summed E-state index contributed by atoms with van der Waals surface area (Å²) in [5.41, 5.74) is 0. The fraction of sp³-hybridized carbons (Fsp3) is 0.364. The van der Waals surface area contributed by atoms with Gasteiger partial charge in [-0.15, -0.1) is 0 Å². The van der Waals surface area contributed by atoms with E-state index in [9.17, 15) is 21.6 Å². The van der Waals surface area contributed by atoms with Crippen LogP contribution in [0.1, 0.15) is 6.42 Å². The summed E-state index contributed by atoms with van der Waals surface area (Å²) in [7, 11) is -7.42. The minimum absolute atomic E-state index is 0.101. The first-order chi connectivity index (χ1) is 9.51. The zero-order valence-electron chi connectivity index (χ0n) is 11.0. The Hall–Kier alpha value is -0.970. The number of carboxylic acid groups (broad SMARTS) is 1. The van der Waals surface area contributed by atoms with Gasteiger partial charge in [0.25, 0.3) is 0 Å². The molecule has 21 heavy (non-hydrogen) atoms. The van der Waals surface area contributed by atoms with Crippen molar-refractivity contribution in [1.82, 2.24) is 4.72 Å². The van der Waals surface area contributed by atoms with Crippen LogP contribution in [0.25, 0.3) is 0 Å². The first-order valence-corrected chi connectivity index (χ1v) is 10.0. The first-order valence-electron chi connectivity index (χ1n) is 5.70. The number of sulfone groups is 1. The zero-order valence-corrected chi connectivity index (χ0v) is 14.2. The number of carbonyl (C=O) groups is 1. The van der Waals surface area contributed by atoms with E-state index in [-0.39, 0.29) is 11.3 Å². The molecule has 1 atom stereocenters. The molecule has 0 spiro atoms. The summed E-state index contributed by atoms with van der Waals surface area (Å²) in [6.45, 7) is 0. The molecule has 0 aliphatic heterocycles. The Bertz CT molecular complexity index is 712. The molecule has 0 bridgehead atoms. The number of hydrogen-bond donors (Lipinski definition) is 2. The van der Waals surface area contributed by atoms with Crippen LogP contribution < -0.4 is 4.72 Å². The molecule has 10 heteroatoms. The van der Waals surface area contributed by atoms with Gasteiger partial charge >= 0.3 is 5.97 Å². The second-order valence-electron chi connectivity index (χ2n) is 4.38. The van der Waals surface area contributed by atoms with Gasteiger partial charge in [-0.1, -0.05) is 15.9 Å². The summed E-state index contributed by atoms with van der Waals surface area (Å²) >= 11 is 3.16. The molecular formula is C11H14BrNO6S2. The maximum Gasteiger partial charge on any atom is 0.321 e. The largest absolute Gasteiger partial charge is 0.480 e. The second kappa shape index (κ2) is 6.86. The molecule has 0 aliphatic carbocycles. The van der Waals surface area contributed by atoms with Crippen LogP contribution in [0.5, 0.6) is 0 Å². The maximum atomic E-state index is 12.0. The molecule has 2 N–H and O–H groups in total. The van der Waals surface area contributed by atoms with Gasteiger partial charge in [0.2, 0.25) is 10.0 Å². The maximum absolute atomic E-state index is 12.0. The number of benzene rings is 1. The number of aliphatic carboxylic acids is 1. The van der Waals surface area contributed by atoms with Crippen molar-refractivity contribution in [1.29, 1.82) is 0 Å². The van der Waals surface area contributed by atoms with E-state index in [2.05, 4.69) is 15.9 Å². The lowest BCUT2D eigenvalue weighted by atomic mass is 10.2. The molecule has 1 unspecified atom stereocenters. The fourth-order valence-electron chi connectivity index (χ4n) is 1.43. The third kappa shape index (κ3) is 6.12. The Labute approximate surface area is 131 Å². The van der Waals surface area contributed by atoms with Gasteiger partial charge in [0.05, 0.1) is 10.6 Å². The van der Waals surface area contributed by atoms with Crippen molar-refractivity contribution in [2.75, 3.05) is 12.0 Å². The monoisotopic (exact) mass is 399 g/mol. The van der Waals surface area contributed by atoms with Crippen molar-refractivity contribution < 1.29 is 26.7 Å². The van der Waals surface area contributed by atoms with Crippen molar-refractivity contribution in [2.24, 2.45) is 0 Å². The van der Waals surface area contributed by atoms with Crippen molar-refractivity contribution in [3.05, 3.63) is 28.7 Å². The highest BCUT2D eigenvalue weighted by Gasteiger charge is 2.26. The van der Waals surface area contributed by atoms with E-state index in [4.69, 9.17) is 5.11 Å². The van der Waals surface area contributed by atoms with Gasteiger partial charge in [0.15, 0.2) is 0 Å². The Morgan fingerprint density at radius 3 is 2.19 bits per heavy atom.